The maximum absolute atomic E-state index is 12.9. The Morgan fingerprint density at radius 3 is 2.42 bits per heavy atom. The topological polar surface area (TPSA) is 131 Å². The summed E-state index contributed by atoms with van der Waals surface area (Å²) in [5.41, 5.74) is 4.22. The van der Waals surface area contributed by atoms with Crippen LogP contribution in [0.3, 0.4) is 0 Å². The summed E-state index contributed by atoms with van der Waals surface area (Å²) in [6.45, 7) is 1.86. The molecule has 1 atom stereocenters. The Labute approximate surface area is 191 Å². The van der Waals surface area contributed by atoms with Crippen LogP contribution in [0.5, 0.6) is 0 Å². The number of carbonyl (C=O) groups is 1. The Morgan fingerprint density at radius 2 is 1.76 bits per heavy atom. The largest absolute Gasteiger partial charge is 0.273 e. The van der Waals surface area contributed by atoms with Gasteiger partial charge in [0.25, 0.3) is 5.69 Å². The van der Waals surface area contributed by atoms with Crippen LogP contribution >= 0.6 is 0 Å². The van der Waals surface area contributed by atoms with E-state index in [4.69, 9.17) is 0 Å². The zero-order valence-electron chi connectivity index (χ0n) is 17.7. The second-order valence-electron chi connectivity index (χ2n) is 7.25. The van der Waals surface area contributed by atoms with Gasteiger partial charge in [-0.1, -0.05) is 60.2 Å². The van der Waals surface area contributed by atoms with Gasteiger partial charge >= 0.3 is 0 Å². The molecular formula is C23H22N4O5S. The predicted molar refractivity (Wildman–Crippen MR) is 124 cm³/mol. The lowest BCUT2D eigenvalue weighted by atomic mass is 10.0. The van der Waals surface area contributed by atoms with Crippen molar-refractivity contribution in [3.8, 4) is 0 Å². The molecule has 170 valence electrons. The first-order valence-corrected chi connectivity index (χ1v) is 11.4. The molecule has 10 heteroatoms. The van der Waals surface area contributed by atoms with E-state index in [0.29, 0.717) is 11.1 Å². The van der Waals surface area contributed by atoms with Crippen molar-refractivity contribution in [2.75, 3.05) is 0 Å². The van der Waals surface area contributed by atoms with Crippen molar-refractivity contribution in [1.82, 2.24) is 10.1 Å². The van der Waals surface area contributed by atoms with Crippen LogP contribution in [0.2, 0.25) is 0 Å². The maximum atomic E-state index is 12.9. The number of non-ortho nitro benzene ring substituents is 1. The number of rotatable bonds is 9. The summed E-state index contributed by atoms with van der Waals surface area (Å²) in [7, 11) is -3.88. The Morgan fingerprint density at radius 1 is 1.06 bits per heavy atom. The highest BCUT2D eigenvalue weighted by atomic mass is 32.2. The van der Waals surface area contributed by atoms with Crippen LogP contribution in [0, 0.1) is 17.0 Å². The Bertz CT molecular complexity index is 1260. The fourth-order valence-electron chi connectivity index (χ4n) is 3.01. The van der Waals surface area contributed by atoms with E-state index in [0.717, 1.165) is 5.56 Å². The Hall–Kier alpha value is -3.89. The fraction of sp³-hybridized carbons (Fsp3) is 0.130. The molecule has 0 heterocycles. The molecule has 3 aromatic rings. The van der Waals surface area contributed by atoms with Crippen molar-refractivity contribution in [2.45, 2.75) is 24.3 Å². The summed E-state index contributed by atoms with van der Waals surface area (Å²) in [6.07, 6.45) is 1.07. The molecule has 0 bridgehead atoms. The molecule has 3 rings (SSSR count). The Kier molecular flexibility index (Phi) is 7.65. The molecule has 0 radical (unpaired) electrons. The molecular weight excluding hydrogens is 444 g/mol. The minimum absolute atomic E-state index is 0.0955. The second-order valence-corrected chi connectivity index (χ2v) is 8.96. The van der Waals surface area contributed by atoms with Crippen molar-refractivity contribution in [3.05, 3.63) is 106 Å². The highest BCUT2D eigenvalue weighted by molar-refractivity contribution is 7.89. The molecule has 0 aliphatic rings. The van der Waals surface area contributed by atoms with Crippen molar-refractivity contribution in [1.29, 1.82) is 0 Å². The van der Waals surface area contributed by atoms with Crippen LogP contribution in [-0.4, -0.2) is 25.5 Å². The van der Waals surface area contributed by atoms with Gasteiger partial charge in [0.1, 0.15) is 0 Å². The van der Waals surface area contributed by atoms with Crippen LogP contribution in [0.1, 0.15) is 29.2 Å². The number of nitro benzene ring substituents is 1. The molecule has 0 fully saturated rings. The molecule has 0 aliphatic heterocycles. The number of hydrogen-bond donors (Lipinski definition) is 2. The summed E-state index contributed by atoms with van der Waals surface area (Å²) in [5, 5.41) is 14.7. The monoisotopic (exact) mass is 466 g/mol. The lowest BCUT2D eigenvalue weighted by Gasteiger charge is -2.18. The molecule has 0 unspecified atom stereocenters. The lowest BCUT2D eigenvalue weighted by molar-refractivity contribution is -0.384. The highest BCUT2D eigenvalue weighted by Gasteiger charge is 2.23. The van der Waals surface area contributed by atoms with E-state index >= 15 is 0 Å². The van der Waals surface area contributed by atoms with E-state index in [1.54, 1.807) is 48.5 Å². The number of hydrogen-bond acceptors (Lipinski definition) is 6. The van der Waals surface area contributed by atoms with Gasteiger partial charge in [0.2, 0.25) is 15.9 Å². The summed E-state index contributed by atoms with van der Waals surface area (Å²) in [4.78, 5) is 22.9. The number of amides is 1. The maximum Gasteiger partial charge on any atom is 0.270 e. The lowest BCUT2D eigenvalue weighted by Crippen LogP contribution is -2.32. The third-order valence-electron chi connectivity index (χ3n) is 4.70. The zero-order valence-corrected chi connectivity index (χ0v) is 18.5. The van der Waals surface area contributed by atoms with Gasteiger partial charge in [-0.3, -0.25) is 14.9 Å². The number of nitrogens with zero attached hydrogens (tertiary/aromatic N) is 2. The number of nitrogens with one attached hydrogen (secondary N) is 2. The van der Waals surface area contributed by atoms with Gasteiger partial charge in [0, 0.05) is 24.1 Å². The number of benzene rings is 3. The summed E-state index contributed by atoms with van der Waals surface area (Å²) in [6, 6.07) is 20.1. The van der Waals surface area contributed by atoms with Crippen molar-refractivity contribution < 1.29 is 18.1 Å². The Balaban J connectivity index is 1.73. The molecule has 0 aromatic heterocycles. The van der Waals surface area contributed by atoms with Crippen LogP contribution < -0.4 is 10.1 Å². The second kappa shape index (κ2) is 10.6. The predicted octanol–water partition coefficient (Wildman–Crippen LogP) is 3.46. The van der Waals surface area contributed by atoms with E-state index < -0.39 is 26.9 Å². The number of aryl methyl sites for hydroxylation is 1. The third kappa shape index (κ3) is 6.79. The standard InChI is InChI=1S/C23H22N4O5S/c1-17-10-12-21(13-11-17)33(31,32)26-22(19-7-3-2-4-8-19)15-23(28)25-24-16-18-6-5-9-20(14-18)27(29)30/h2-14,16,22,26H,15H2,1H3,(H,25,28)/b24-16-/t22-/m1/s1. The van der Waals surface area contributed by atoms with Gasteiger partial charge in [0.05, 0.1) is 22.1 Å². The first-order chi connectivity index (χ1) is 15.7. The summed E-state index contributed by atoms with van der Waals surface area (Å²) >= 11 is 0. The first kappa shape index (κ1) is 23.8. The molecule has 0 saturated carbocycles. The number of carbonyl (C=O) groups excluding carboxylic acids is 1. The molecule has 0 aliphatic carbocycles. The van der Waals surface area contributed by atoms with Crippen molar-refractivity contribution >= 4 is 27.8 Å². The molecule has 33 heavy (non-hydrogen) atoms. The van der Waals surface area contributed by atoms with Crippen LogP contribution in [0.4, 0.5) is 5.69 Å². The van der Waals surface area contributed by atoms with E-state index in [1.165, 1.54) is 36.5 Å². The average molecular weight is 467 g/mol. The molecule has 1 amide bonds. The van der Waals surface area contributed by atoms with Gasteiger partial charge in [-0.15, -0.1) is 0 Å². The molecule has 2 N–H and O–H groups in total. The third-order valence-corrected chi connectivity index (χ3v) is 6.19. The number of hydrazone groups is 1. The van der Waals surface area contributed by atoms with Gasteiger partial charge < -0.3 is 0 Å². The molecule has 9 nitrogen and oxygen atoms in total. The first-order valence-electron chi connectivity index (χ1n) is 9.95. The highest BCUT2D eigenvalue weighted by Crippen LogP contribution is 2.21. The van der Waals surface area contributed by atoms with E-state index in [9.17, 15) is 23.3 Å². The number of nitro groups is 1. The summed E-state index contributed by atoms with van der Waals surface area (Å²) in [5.74, 6) is -0.530. The van der Waals surface area contributed by atoms with Gasteiger partial charge in [-0.2, -0.15) is 5.10 Å². The van der Waals surface area contributed by atoms with E-state index in [-0.39, 0.29) is 17.0 Å². The summed E-state index contributed by atoms with van der Waals surface area (Å²) < 4.78 is 28.3. The van der Waals surface area contributed by atoms with Crippen LogP contribution in [0.15, 0.2) is 88.9 Å². The average Bonchev–Trinajstić information content (AvgIpc) is 2.79. The quantitative estimate of drug-likeness (QED) is 0.283. The normalized spacial score (nSPS) is 12.4. The van der Waals surface area contributed by atoms with Gasteiger partial charge in [0.15, 0.2) is 0 Å². The number of sulfonamides is 1. The van der Waals surface area contributed by atoms with Crippen molar-refractivity contribution in [3.63, 3.8) is 0 Å². The molecule has 0 saturated heterocycles. The zero-order chi connectivity index (χ0) is 23.8. The van der Waals surface area contributed by atoms with Crippen LogP contribution in [0.25, 0.3) is 0 Å². The molecule has 0 spiro atoms. The molecule has 3 aromatic carbocycles. The van der Waals surface area contributed by atoms with Gasteiger partial charge in [-0.05, 0) is 24.6 Å². The fourth-order valence-corrected chi connectivity index (χ4v) is 4.24. The SMILES string of the molecule is Cc1ccc(S(=O)(=O)N[C@H](CC(=O)N/N=C\c2cccc([N+](=O)[O-])c2)c2ccccc2)cc1. The minimum Gasteiger partial charge on any atom is -0.273 e. The van der Waals surface area contributed by atoms with Gasteiger partial charge in [-0.25, -0.2) is 18.6 Å². The smallest absolute Gasteiger partial charge is 0.270 e. The van der Waals surface area contributed by atoms with E-state index in [1.807, 2.05) is 6.92 Å². The van der Waals surface area contributed by atoms with Crippen LogP contribution in [-0.2, 0) is 14.8 Å². The van der Waals surface area contributed by atoms with E-state index in [2.05, 4.69) is 15.2 Å². The van der Waals surface area contributed by atoms with Crippen molar-refractivity contribution in [2.24, 2.45) is 5.10 Å². The minimum atomic E-state index is -3.88.